The van der Waals surface area contributed by atoms with Crippen LogP contribution in [-0.4, -0.2) is 41.0 Å². The highest BCUT2D eigenvalue weighted by atomic mass is 16.3. The zero-order valence-electron chi connectivity index (χ0n) is 16.9. The normalized spacial score (nSPS) is 27.6. The minimum atomic E-state index is -0.561. The third-order valence-electron chi connectivity index (χ3n) is 7.88. The van der Waals surface area contributed by atoms with E-state index in [1.807, 2.05) is 29.2 Å². The van der Waals surface area contributed by atoms with Crippen molar-refractivity contribution < 1.29 is 14.7 Å². The van der Waals surface area contributed by atoms with E-state index >= 15 is 0 Å². The van der Waals surface area contributed by atoms with E-state index in [2.05, 4.69) is 29.6 Å². The molecule has 5 nitrogen and oxygen atoms in total. The van der Waals surface area contributed by atoms with Gasteiger partial charge in [0.2, 0.25) is 11.8 Å². The van der Waals surface area contributed by atoms with Crippen LogP contribution in [0.4, 0.5) is 0 Å². The Labute approximate surface area is 176 Å². The highest BCUT2D eigenvalue weighted by Gasteiger charge is 2.58. The van der Waals surface area contributed by atoms with E-state index in [0.29, 0.717) is 6.54 Å². The van der Waals surface area contributed by atoms with E-state index in [-0.39, 0.29) is 42.3 Å². The lowest BCUT2D eigenvalue weighted by Crippen LogP contribution is -2.46. The van der Waals surface area contributed by atoms with Crippen molar-refractivity contribution in [2.75, 3.05) is 13.2 Å². The Morgan fingerprint density at radius 3 is 2.23 bits per heavy atom. The molecule has 2 aromatic carbocycles. The molecule has 2 N–H and O–H groups in total. The SMILES string of the molecule is O=C(NC1c2ccccc2-c2ccccc21)[C@@H]1[C@H]2CC[C@@H]1N(C(=O)C1(CO)CC1)C2. The van der Waals surface area contributed by atoms with Gasteiger partial charge in [0, 0.05) is 12.6 Å². The lowest BCUT2D eigenvalue weighted by molar-refractivity contribution is -0.140. The Bertz CT molecular complexity index is 999. The minimum Gasteiger partial charge on any atom is -0.395 e. The monoisotopic (exact) mass is 402 g/mol. The first kappa shape index (κ1) is 18.1. The summed E-state index contributed by atoms with van der Waals surface area (Å²) >= 11 is 0. The molecule has 3 aliphatic carbocycles. The van der Waals surface area contributed by atoms with E-state index in [4.69, 9.17) is 0 Å². The van der Waals surface area contributed by atoms with Crippen molar-refractivity contribution in [2.45, 2.75) is 37.8 Å². The van der Waals surface area contributed by atoms with Crippen LogP contribution in [0.3, 0.4) is 0 Å². The fourth-order valence-corrected chi connectivity index (χ4v) is 6.07. The van der Waals surface area contributed by atoms with Crippen molar-refractivity contribution >= 4 is 11.8 Å². The van der Waals surface area contributed by atoms with Crippen molar-refractivity contribution in [2.24, 2.45) is 17.3 Å². The fraction of sp³-hybridized carbons (Fsp3) is 0.440. The summed E-state index contributed by atoms with van der Waals surface area (Å²) < 4.78 is 0. The number of piperidine rings is 1. The third kappa shape index (κ3) is 2.45. The first-order chi connectivity index (χ1) is 14.6. The Balaban J connectivity index is 1.26. The summed E-state index contributed by atoms with van der Waals surface area (Å²) in [6.07, 6.45) is 3.41. The van der Waals surface area contributed by atoms with Crippen molar-refractivity contribution in [3.8, 4) is 11.1 Å². The number of carbonyl (C=O) groups is 2. The number of carbonyl (C=O) groups excluding carboxylic acids is 2. The molecule has 4 aliphatic rings. The summed E-state index contributed by atoms with van der Waals surface area (Å²) in [5.74, 6) is 0.193. The highest BCUT2D eigenvalue weighted by Crippen LogP contribution is 2.51. The van der Waals surface area contributed by atoms with E-state index in [9.17, 15) is 14.7 Å². The molecule has 0 spiro atoms. The molecular formula is C25H26N2O3. The van der Waals surface area contributed by atoms with Crippen LogP contribution >= 0.6 is 0 Å². The summed E-state index contributed by atoms with van der Waals surface area (Å²) in [5.41, 5.74) is 4.09. The van der Waals surface area contributed by atoms with Gasteiger partial charge in [0.15, 0.2) is 0 Å². The predicted molar refractivity (Wildman–Crippen MR) is 112 cm³/mol. The lowest BCUT2D eigenvalue weighted by atomic mass is 9.96. The molecule has 2 aromatic rings. The minimum absolute atomic E-state index is 0.0292. The van der Waals surface area contributed by atoms with Crippen molar-refractivity contribution in [1.82, 2.24) is 10.2 Å². The van der Waals surface area contributed by atoms with Gasteiger partial charge >= 0.3 is 0 Å². The molecule has 0 aromatic heterocycles. The van der Waals surface area contributed by atoms with E-state index < -0.39 is 5.41 Å². The van der Waals surface area contributed by atoms with Gasteiger partial charge in [-0.1, -0.05) is 48.5 Å². The van der Waals surface area contributed by atoms with Crippen molar-refractivity contribution in [3.05, 3.63) is 59.7 Å². The molecular weight excluding hydrogens is 376 g/mol. The summed E-state index contributed by atoms with van der Waals surface area (Å²) in [5, 5.41) is 13.0. The molecule has 2 bridgehead atoms. The first-order valence-electron chi connectivity index (χ1n) is 11.0. The Hall–Kier alpha value is -2.66. The molecule has 3 fully saturated rings. The quantitative estimate of drug-likeness (QED) is 0.826. The summed E-state index contributed by atoms with van der Waals surface area (Å²) in [7, 11) is 0. The number of hydrogen-bond donors (Lipinski definition) is 2. The van der Waals surface area contributed by atoms with Crippen LogP contribution in [0.2, 0.25) is 0 Å². The zero-order valence-corrected chi connectivity index (χ0v) is 16.9. The molecule has 1 heterocycles. The van der Waals surface area contributed by atoms with Crippen LogP contribution in [-0.2, 0) is 9.59 Å². The summed E-state index contributed by atoms with van der Waals surface area (Å²) in [6, 6.07) is 16.4. The highest BCUT2D eigenvalue weighted by molar-refractivity contribution is 5.89. The molecule has 154 valence electrons. The molecule has 30 heavy (non-hydrogen) atoms. The van der Waals surface area contributed by atoms with E-state index in [1.54, 1.807) is 0 Å². The van der Waals surface area contributed by atoms with Crippen molar-refractivity contribution in [3.63, 3.8) is 0 Å². The maximum absolute atomic E-state index is 13.5. The Morgan fingerprint density at radius 2 is 1.63 bits per heavy atom. The Kier molecular flexibility index (Phi) is 3.88. The number of nitrogens with one attached hydrogen (secondary N) is 1. The maximum Gasteiger partial charge on any atom is 0.231 e. The average Bonchev–Trinajstić information content (AvgIpc) is 3.23. The second-order valence-electron chi connectivity index (χ2n) is 9.44. The molecule has 2 amide bonds. The number of nitrogens with zero attached hydrogens (tertiary/aromatic N) is 1. The van der Waals surface area contributed by atoms with Gasteiger partial charge in [-0.2, -0.15) is 0 Å². The summed E-state index contributed by atoms with van der Waals surface area (Å²) in [4.78, 5) is 28.4. The number of amides is 2. The molecule has 0 radical (unpaired) electrons. The van der Waals surface area contributed by atoms with Gasteiger partial charge in [-0.05, 0) is 53.9 Å². The fourth-order valence-electron chi connectivity index (χ4n) is 6.07. The number of hydrogen-bond acceptors (Lipinski definition) is 3. The van der Waals surface area contributed by atoms with Crippen LogP contribution in [0.1, 0.15) is 42.9 Å². The van der Waals surface area contributed by atoms with Gasteiger partial charge in [-0.3, -0.25) is 9.59 Å². The van der Waals surface area contributed by atoms with E-state index in [1.165, 1.54) is 11.1 Å². The number of rotatable bonds is 4. The van der Waals surface area contributed by atoms with Gasteiger partial charge in [-0.25, -0.2) is 0 Å². The molecule has 1 aliphatic heterocycles. The number of aliphatic hydroxyl groups excluding tert-OH is 1. The first-order valence-corrected chi connectivity index (χ1v) is 11.0. The second kappa shape index (κ2) is 6.42. The van der Waals surface area contributed by atoms with Gasteiger partial charge < -0.3 is 15.3 Å². The molecule has 5 heteroatoms. The number of benzene rings is 2. The van der Waals surface area contributed by atoms with Crippen LogP contribution in [0.25, 0.3) is 11.1 Å². The Morgan fingerprint density at radius 1 is 1.00 bits per heavy atom. The van der Waals surface area contributed by atoms with Crippen LogP contribution in [0.5, 0.6) is 0 Å². The van der Waals surface area contributed by atoms with Gasteiger partial charge in [-0.15, -0.1) is 0 Å². The largest absolute Gasteiger partial charge is 0.395 e. The maximum atomic E-state index is 13.5. The molecule has 1 saturated heterocycles. The predicted octanol–water partition coefficient (Wildman–Crippen LogP) is 2.88. The van der Waals surface area contributed by atoms with Gasteiger partial charge in [0.05, 0.1) is 24.0 Å². The third-order valence-corrected chi connectivity index (χ3v) is 7.88. The molecule has 6 rings (SSSR count). The molecule has 0 unspecified atom stereocenters. The average molecular weight is 402 g/mol. The number of fused-ring (bicyclic) bond motifs is 5. The van der Waals surface area contributed by atoms with E-state index in [0.717, 1.165) is 36.8 Å². The molecule has 3 atom stereocenters. The van der Waals surface area contributed by atoms with Crippen molar-refractivity contribution in [1.29, 1.82) is 0 Å². The summed E-state index contributed by atoms with van der Waals surface area (Å²) in [6.45, 7) is 0.577. The topological polar surface area (TPSA) is 69.6 Å². The van der Waals surface area contributed by atoms with Gasteiger partial charge in [0.1, 0.15) is 0 Å². The standard InChI is InChI=1S/C25H26N2O3/c28-14-25(11-12-25)24(30)27-13-15-9-10-20(27)21(15)23(29)26-22-18-7-3-1-5-16(18)17-6-2-4-8-19(17)22/h1-8,15,20-22,28H,9-14H2,(H,26,29)/t15-,20-,21+/m0/s1. The lowest BCUT2D eigenvalue weighted by Gasteiger charge is -2.30. The van der Waals surface area contributed by atoms with Crippen LogP contribution in [0, 0.1) is 17.3 Å². The van der Waals surface area contributed by atoms with Crippen LogP contribution < -0.4 is 5.32 Å². The van der Waals surface area contributed by atoms with Gasteiger partial charge in [0.25, 0.3) is 0 Å². The number of likely N-dealkylation sites (tertiary alicyclic amines) is 1. The van der Waals surface area contributed by atoms with Crippen LogP contribution in [0.15, 0.2) is 48.5 Å². The molecule has 2 saturated carbocycles. The number of aliphatic hydroxyl groups is 1. The zero-order chi connectivity index (χ0) is 20.5. The second-order valence-corrected chi connectivity index (χ2v) is 9.44. The smallest absolute Gasteiger partial charge is 0.231 e.